The maximum Gasteiger partial charge on any atom is 0.317 e. The van der Waals surface area contributed by atoms with E-state index in [1.807, 2.05) is 30.3 Å². The van der Waals surface area contributed by atoms with Gasteiger partial charge in [0.05, 0.1) is 0 Å². The van der Waals surface area contributed by atoms with E-state index in [2.05, 4.69) is 5.32 Å². The fourth-order valence-corrected chi connectivity index (χ4v) is 4.86. The van der Waals surface area contributed by atoms with Crippen LogP contribution in [0.5, 0.6) is 0 Å². The summed E-state index contributed by atoms with van der Waals surface area (Å²) in [6.07, 6.45) is 14.9. The second-order valence-electron chi connectivity index (χ2n) is 7.96. The summed E-state index contributed by atoms with van der Waals surface area (Å²) in [5.41, 5.74) is 0.929. The lowest BCUT2D eigenvalue weighted by atomic mass is 9.91. The maximum atomic E-state index is 10.9. The smallest absolute Gasteiger partial charge is 0.317 e. The highest BCUT2D eigenvalue weighted by Crippen LogP contribution is 2.22. The van der Waals surface area contributed by atoms with Crippen LogP contribution in [0.25, 0.3) is 0 Å². The molecule has 1 aromatic rings. The van der Waals surface area contributed by atoms with Crippen molar-refractivity contribution in [1.82, 2.24) is 5.32 Å². The number of carboxylic acids is 1. The van der Waals surface area contributed by atoms with Crippen LogP contribution in [0.15, 0.2) is 30.3 Å². The van der Waals surface area contributed by atoms with Gasteiger partial charge in [-0.15, -0.1) is 0 Å². The number of thioether (sulfide) groups is 1. The average molecular weight is 406 g/mol. The van der Waals surface area contributed by atoms with Crippen molar-refractivity contribution in [2.24, 2.45) is 0 Å². The normalized spacial score (nSPS) is 19.3. The van der Waals surface area contributed by atoms with Gasteiger partial charge in [-0.2, -0.15) is 0 Å². The number of aliphatic carboxylic acids is 1. The van der Waals surface area contributed by atoms with Crippen molar-refractivity contribution in [3.63, 3.8) is 0 Å². The molecule has 2 N–H and O–H groups in total. The summed E-state index contributed by atoms with van der Waals surface area (Å²) in [7, 11) is 0. The van der Waals surface area contributed by atoms with Crippen molar-refractivity contribution >= 4 is 22.8 Å². The van der Waals surface area contributed by atoms with E-state index in [0.29, 0.717) is 6.42 Å². The van der Waals surface area contributed by atoms with E-state index in [-0.39, 0.29) is 5.12 Å². The minimum Gasteiger partial charge on any atom is -0.480 e. The molecule has 0 heterocycles. The van der Waals surface area contributed by atoms with Gasteiger partial charge in [-0.05, 0) is 37.7 Å². The third kappa shape index (κ3) is 9.24. The van der Waals surface area contributed by atoms with Crippen molar-refractivity contribution in [2.45, 2.75) is 94.9 Å². The molecule has 0 aliphatic heterocycles. The van der Waals surface area contributed by atoms with E-state index in [4.69, 9.17) is 5.11 Å². The van der Waals surface area contributed by atoms with Gasteiger partial charge in [0.2, 0.25) is 0 Å². The number of carbonyl (C=O) groups is 2. The molecule has 0 radical (unpaired) electrons. The number of nitrogens with one attached hydrogen (secondary N) is 1. The molecule has 2 fully saturated rings. The number of hydrogen-bond donors (Lipinski definition) is 2. The Morgan fingerprint density at radius 2 is 1.46 bits per heavy atom. The Morgan fingerprint density at radius 3 is 1.89 bits per heavy atom. The van der Waals surface area contributed by atoms with Crippen LogP contribution in [0.1, 0.15) is 76.7 Å². The summed E-state index contributed by atoms with van der Waals surface area (Å²) in [6, 6.07) is 11.0. The van der Waals surface area contributed by atoms with Crippen LogP contribution in [-0.2, 0) is 16.0 Å². The first kappa shape index (κ1) is 23.0. The van der Waals surface area contributed by atoms with Crippen LogP contribution in [0.4, 0.5) is 0 Å². The Bertz CT molecular complexity index is 565. The summed E-state index contributed by atoms with van der Waals surface area (Å²) >= 11 is 0.864. The van der Waals surface area contributed by atoms with Gasteiger partial charge in [0.15, 0.2) is 5.12 Å². The third-order valence-electron chi connectivity index (χ3n) is 5.53. The zero-order chi connectivity index (χ0) is 20.2. The summed E-state index contributed by atoms with van der Waals surface area (Å²) < 4.78 is 0. The highest BCUT2D eigenvalue weighted by Gasteiger charge is 2.20. The first-order valence-electron chi connectivity index (χ1n) is 10.7. The van der Waals surface area contributed by atoms with Crippen molar-refractivity contribution in [3.05, 3.63) is 35.9 Å². The Labute approximate surface area is 173 Å². The number of carbonyl (C=O) groups excluding carboxylic acids is 1. The molecule has 3 rings (SSSR count). The molecule has 2 aliphatic carbocycles. The summed E-state index contributed by atoms with van der Waals surface area (Å²) in [5.74, 6) is -0.945. The van der Waals surface area contributed by atoms with Crippen molar-refractivity contribution in [3.8, 4) is 0 Å². The van der Waals surface area contributed by atoms with Gasteiger partial charge < -0.3 is 10.4 Å². The molecule has 4 nitrogen and oxygen atoms in total. The molecule has 1 aromatic carbocycles. The molecule has 2 aliphatic rings. The van der Waals surface area contributed by atoms with Gasteiger partial charge in [-0.3, -0.25) is 9.59 Å². The third-order valence-corrected chi connectivity index (χ3v) is 6.51. The SMILES string of the molecule is C1CCC(NC2CCCCC2)CC1.CC(=O)S[C@H](Cc1ccccc1)C(=O)O. The second kappa shape index (κ2) is 13.0. The minimum absolute atomic E-state index is 0.168. The molecule has 1 atom stereocenters. The molecule has 28 heavy (non-hydrogen) atoms. The van der Waals surface area contributed by atoms with Gasteiger partial charge >= 0.3 is 5.97 Å². The van der Waals surface area contributed by atoms with E-state index in [0.717, 1.165) is 29.4 Å². The average Bonchev–Trinajstić information content (AvgIpc) is 2.70. The van der Waals surface area contributed by atoms with Gasteiger partial charge in [-0.25, -0.2) is 0 Å². The Balaban J connectivity index is 0.000000202. The highest BCUT2D eigenvalue weighted by molar-refractivity contribution is 8.14. The fourth-order valence-electron chi connectivity index (χ4n) is 4.08. The predicted octanol–water partition coefficient (Wildman–Crippen LogP) is 5.20. The highest BCUT2D eigenvalue weighted by atomic mass is 32.2. The van der Waals surface area contributed by atoms with E-state index >= 15 is 0 Å². The molecule has 156 valence electrons. The lowest BCUT2D eigenvalue weighted by molar-refractivity contribution is -0.136. The maximum absolute atomic E-state index is 10.9. The molecule has 0 amide bonds. The topological polar surface area (TPSA) is 66.4 Å². The molecule has 2 saturated carbocycles. The van der Waals surface area contributed by atoms with Crippen LogP contribution in [0.2, 0.25) is 0 Å². The molecule has 0 bridgehead atoms. The predicted molar refractivity (Wildman–Crippen MR) is 117 cm³/mol. The Kier molecular flexibility index (Phi) is 10.7. The van der Waals surface area contributed by atoms with Crippen LogP contribution in [-0.4, -0.2) is 33.5 Å². The quantitative estimate of drug-likeness (QED) is 0.680. The first-order chi connectivity index (χ1) is 13.5. The van der Waals surface area contributed by atoms with Crippen molar-refractivity contribution in [2.75, 3.05) is 0 Å². The molecule has 0 aromatic heterocycles. The number of carboxylic acid groups (broad SMARTS) is 1. The van der Waals surface area contributed by atoms with Gasteiger partial charge in [-0.1, -0.05) is 80.6 Å². The number of hydrogen-bond acceptors (Lipinski definition) is 4. The van der Waals surface area contributed by atoms with Crippen LogP contribution in [0.3, 0.4) is 0 Å². The van der Waals surface area contributed by atoms with Crippen LogP contribution >= 0.6 is 11.8 Å². The minimum atomic E-state index is -0.945. The Hall–Kier alpha value is -1.33. The van der Waals surface area contributed by atoms with Gasteiger partial charge in [0, 0.05) is 19.0 Å². The molecule has 0 spiro atoms. The van der Waals surface area contributed by atoms with Crippen LogP contribution in [0, 0.1) is 0 Å². The van der Waals surface area contributed by atoms with E-state index in [1.165, 1.54) is 71.1 Å². The molecule has 5 heteroatoms. The second-order valence-corrected chi connectivity index (χ2v) is 9.34. The first-order valence-corrected chi connectivity index (χ1v) is 11.6. The number of benzene rings is 1. The molecule has 0 unspecified atom stereocenters. The Morgan fingerprint density at radius 1 is 0.964 bits per heavy atom. The number of rotatable bonds is 6. The van der Waals surface area contributed by atoms with E-state index < -0.39 is 11.2 Å². The van der Waals surface area contributed by atoms with Crippen LogP contribution < -0.4 is 5.32 Å². The van der Waals surface area contributed by atoms with E-state index in [9.17, 15) is 9.59 Å². The summed E-state index contributed by atoms with van der Waals surface area (Å²) in [6.45, 7) is 1.38. The van der Waals surface area contributed by atoms with Crippen molar-refractivity contribution < 1.29 is 14.7 Å². The molecular weight excluding hydrogens is 370 g/mol. The molecule has 0 saturated heterocycles. The summed E-state index contributed by atoms with van der Waals surface area (Å²) in [4.78, 5) is 21.7. The standard InChI is InChI=1S/C12H23N.C11H12O3S/c1-3-7-11(8-4-1)13-12-9-5-2-6-10-12;1-8(12)15-10(11(13)14)7-9-5-3-2-4-6-9/h11-13H,1-10H2;2-6,10H,7H2,1H3,(H,13,14)/t;10-/m.1/s1. The van der Waals surface area contributed by atoms with E-state index in [1.54, 1.807) is 0 Å². The zero-order valence-electron chi connectivity index (χ0n) is 17.1. The lowest BCUT2D eigenvalue weighted by Crippen LogP contribution is -2.40. The largest absolute Gasteiger partial charge is 0.480 e. The molecular formula is C23H35NO3S. The van der Waals surface area contributed by atoms with Gasteiger partial charge in [0.1, 0.15) is 5.25 Å². The lowest BCUT2D eigenvalue weighted by Gasteiger charge is -2.30. The zero-order valence-corrected chi connectivity index (χ0v) is 17.9. The monoisotopic (exact) mass is 405 g/mol. The summed E-state index contributed by atoms with van der Waals surface area (Å²) in [5, 5.41) is 11.9. The van der Waals surface area contributed by atoms with Crippen molar-refractivity contribution in [1.29, 1.82) is 0 Å². The van der Waals surface area contributed by atoms with Gasteiger partial charge in [0.25, 0.3) is 0 Å². The fraction of sp³-hybridized carbons (Fsp3) is 0.652.